The maximum atomic E-state index is 9.31. The van der Waals surface area contributed by atoms with Crippen molar-refractivity contribution < 1.29 is 4.74 Å². The van der Waals surface area contributed by atoms with E-state index in [2.05, 4.69) is 16.4 Å². The summed E-state index contributed by atoms with van der Waals surface area (Å²) in [6.07, 6.45) is 0. The van der Waals surface area contributed by atoms with Gasteiger partial charge in [0.1, 0.15) is 17.5 Å². The van der Waals surface area contributed by atoms with Gasteiger partial charge in [-0.15, -0.1) is 0 Å². The molecular weight excluding hydrogens is 238 g/mol. The third-order valence-corrected chi connectivity index (χ3v) is 2.68. The highest BCUT2D eigenvalue weighted by molar-refractivity contribution is 5.64. The first-order chi connectivity index (χ1) is 9.24. The van der Waals surface area contributed by atoms with Gasteiger partial charge in [-0.3, -0.25) is 0 Å². The predicted octanol–water partition coefficient (Wildman–Crippen LogP) is 3.15. The standard InChI is InChI=1S/C15H15N3O/c1-11-8-12(10-19-2)14(9-16)15(17-11)18-13-6-4-3-5-7-13/h3-8H,10H2,1-2H3,(H,17,18). The fraction of sp³-hybridized carbons (Fsp3) is 0.200. The van der Waals surface area contributed by atoms with Crippen LogP contribution in [0, 0.1) is 18.3 Å². The monoisotopic (exact) mass is 253 g/mol. The Hall–Kier alpha value is -2.38. The predicted molar refractivity (Wildman–Crippen MR) is 74.1 cm³/mol. The van der Waals surface area contributed by atoms with Crippen molar-refractivity contribution in [3.8, 4) is 6.07 Å². The van der Waals surface area contributed by atoms with E-state index < -0.39 is 0 Å². The van der Waals surface area contributed by atoms with Crippen LogP contribution in [0.2, 0.25) is 0 Å². The van der Waals surface area contributed by atoms with E-state index in [9.17, 15) is 5.26 Å². The van der Waals surface area contributed by atoms with Gasteiger partial charge in [-0.05, 0) is 25.1 Å². The zero-order valence-electron chi connectivity index (χ0n) is 11.0. The maximum Gasteiger partial charge on any atom is 0.148 e. The molecule has 2 aromatic rings. The Balaban J connectivity index is 2.42. The highest BCUT2D eigenvalue weighted by Gasteiger charge is 2.11. The number of aromatic nitrogens is 1. The molecule has 0 aliphatic rings. The summed E-state index contributed by atoms with van der Waals surface area (Å²) in [5, 5.41) is 12.5. The average molecular weight is 253 g/mol. The van der Waals surface area contributed by atoms with E-state index in [0.717, 1.165) is 16.9 Å². The molecule has 0 spiro atoms. The average Bonchev–Trinajstić information content (AvgIpc) is 2.40. The minimum Gasteiger partial charge on any atom is -0.380 e. The zero-order chi connectivity index (χ0) is 13.7. The molecule has 2 rings (SSSR count). The SMILES string of the molecule is COCc1cc(C)nc(Nc2ccccc2)c1C#N. The van der Waals surface area contributed by atoms with Crippen LogP contribution in [0.5, 0.6) is 0 Å². The molecule has 0 aliphatic heterocycles. The van der Waals surface area contributed by atoms with E-state index in [1.807, 2.05) is 43.3 Å². The van der Waals surface area contributed by atoms with Crippen LogP contribution in [0.4, 0.5) is 11.5 Å². The van der Waals surface area contributed by atoms with Crippen molar-refractivity contribution in [3.05, 3.63) is 53.2 Å². The Morgan fingerprint density at radius 2 is 2.05 bits per heavy atom. The van der Waals surface area contributed by atoms with Crippen molar-refractivity contribution >= 4 is 11.5 Å². The number of hydrogen-bond acceptors (Lipinski definition) is 4. The highest BCUT2D eigenvalue weighted by Crippen LogP contribution is 2.22. The van der Waals surface area contributed by atoms with Crippen LogP contribution in [0.3, 0.4) is 0 Å². The van der Waals surface area contributed by atoms with Gasteiger partial charge in [-0.2, -0.15) is 5.26 Å². The summed E-state index contributed by atoms with van der Waals surface area (Å²) in [5.41, 5.74) is 3.12. The number of nitrogens with zero attached hydrogens (tertiary/aromatic N) is 2. The number of nitriles is 1. The van der Waals surface area contributed by atoms with E-state index in [4.69, 9.17) is 4.74 Å². The van der Waals surface area contributed by atoms with Crippen LogP contribution < -0.4 is 5.32 Å². The molecule has 0 atom stereocenters. The fourth-order valence-corrected chi connectivity index (χ4v) is 1.88. The number of anilines is 2. The first-order valence-electron chi connectivity index (χ1n) is 5.96. The summed E-state index contributed by atoms with van der Waals surface area (Å²) in [7, 11) is 1.61. The van der Waals surface area contributed by atoms with E-state index in [-0.39, 0.29) is 0 Å². The van der Waals surface area contributed by atoms with Gasteiger partial charge in [0.25, 0.3) is 0 Å². The number of para-hydroxylation sites is 1. The van der Waals surface area contributed by atoms with Crippen molar-refractivity contribution in [1.29, 1.82) is 5.26 Å². The largest absolute Gasteiger partial charge is 0.380 e. The normalized spacial score (nSPS) is 9.95. The number of ether oxygens (including phenoxy) is 1. The Morgan fingerprint density at radius 3 is 2.68 bits per heavy atom. The molecule has 1 heterocycles. The van der Waals surface area contributed by atoms with E-state index >= 15 is 0 Å². The molecule has 0 amide bonds. The lowest BCUT2D eigenvalue weighted by atomic mass is 10.1. The number of pyridine rings is 1. The van der Waals surface area contributed by atoms with Crippen LogP contribution in [0.25, 0.3) is 0 Å². The van der Waals surface area contributed by atoms with Crippen molar-refractivity contribution in [2.75, 3.05) is 12.4 Å². The van der Waals surface area contributed by atoms with Gasteiger partial charge in [0.05, 0.1) is 6.61 Å². The van der Waals surface area contributed by atoms with Crippen molar-refractivity contribution in [3.63, 3.8) is 0 Å². The maximum absolute atomic E-state index is 9.31. The molecule has 0 saturated heterocycles. The summed E-state index contributed by atoms with van der Waals surface area (Å²) < 4.78 is 5.12. The second kappa shape index (κ2) is 5.98. The number of benzene rings is 1. The molecule has 0 aliphatic carbocycles. The van der Waals surface area contributed by atoms with E-state index in [1.54, 1.807) is 7.11 Å². The molecular formula is C15H15N3O. The van der Waals surface area contributed by atoms with E-state index in [1.165, 1.54) is 0 Å². The fourth-order valence-electron chi connectivity index (χ4n) is 1.88. The van der Waals surface area contributed by atoms with Crippen LogP contribution in [-0.4, -0.2) is 12.1 Å². The molecule has 0 unspecified atom stereocenters. The second-order valence-electron chi connectivity index (χ2n) is 4.18. The molecule has 0 bridgehead atoms. The third kappa shape index (κ3) is 3.09. The van der Waals surface area contributed by atoms with Crippen LogP contribution in [-0.2, 0) is 11.3 Å². The molecule has 4 heteroatoms. The molecule has 0 radical (unpaired) electrons. The van der Waals surface area contributed by atoms with Gasteiger partial charge in [-0.25, -0.2) is 4.98 Å². The molecule has 1 aromatic carbocycles. The number of methoxy groups -OCH3 is 1. The minimum absolute atomic E-state index is 0.399. The molecule has 0 saturated carbocycles. The van der Waals surface area contributed by atoms with Crippen molar-refractivity contribution in [2.24, 2.45) is 0 Å². The zero-order valence-corrected chi connectivity index (χ0v) is 11.0. The topological polar surface area (TPSA) is 57.9 Å². The molecule has 0 fully saturated rings. The van der Waals surface area contributed by atoms with Crippen LogP contribution in [0.1, 0.15) is 16.8 Å². The highest BCUT2D eigenvalue weighted by atomic mass is 16.5. The molecule has 19 heavy (non-hydrogen) atoms. The quantitative estimate of drug-likeness (QED) is 0.909. The summed E-state index contributed by atoms with van der Waals surface area (Å²) >= 11 is 0. The number of nitrogens with one attached hydrogen (secondary N) is 1. The van der Waals surface area contributed by atoms with Crippen LogP contribution >= 0.6 is 0 Å². The Labute approximate surface area is 112 Å². The van der Waals surface area contributed by atoms with Gasteiger partial charge in [0, 0.05) is 24.1 Å². The molecule has 1 N–H and O–H groups in total. The summed E-state index contributed by atoms with van der Waals surface area (Å²) in [6, 6.07) is 13.7. The molecule has 4 nitrogen and oxygen atoms in total. The summed E-state index contributed by atoms with van der Waals surface area (Å²) in [5.74, 6) is 0.570. The number of aryl methyl sites for hydroxylation is 1. The van der Waals surface area contributed by atoms with E-state index in [0.29, 0.717) is 18.0 Å². The first kappa shape index (κ1) is 13.1. The van der Waals surface area contributed by atoms with Crippen molar-refractivity contribution in [2.45, 2.75) is 13.5 Å². The number of rotatable bonds is 4. The lowest BCUT2D eigenvalue weighted by Crippen LogP contribution is -2.03. The molecule has 1 aromatic heterocycles. The smallest absolute Gasteiger partial charge is 0.148 e. The first-order valence-corrected chi connectivity index (χ1v) is 5.96. The lowest BCUT2D eigenvalue weighted by Gasteiger charge is -2.11. The minimum atomic E-state index is 0.399. The van der Waals surface area contributed by atoms with Gasteiger partial charge in [0.15, 0.2) is 0 Å². The van der Waals surface area contributed by atoms with Gasteiger partial charge in [0.2, 0.25) is 0 Å². The van der Waals surface area contributed by atoms with Gasteiger partial charge in [-0.1, -0.05) is 18.2 Å². The van der Waals surface area contributed by atoms with Crippen LogP contribution in [0.15, 0.2) is 36.4 Å². The van der Waals surface area contributed by atoms with Crippen molar-refractivity contribution in [1.82, 2.24) is 4.98 Å². The van der Waals surface area contributed by atoms with Gasteiger partial charge < -0.3 is 10.1 Å². The number of hydrogen-bond donors (Lipinski definition) is 1. The summed E-state index contributed by atoms with van der Waals surface area (Å²) in [4.78, 5) is 4.39. The Kier molecular flexibility index (Phi) is 4.11. The Morgan fingerprint density at radius 1 is 1.32 bits per heavy atom. The summed E-state index contributed by atoms with van der Waals surface area (Å²) in [6.45, 7) is 2.30. The Bertz CT molecular complexity index is 603. The lowest BCUT2D eigenvalue weighted by molar-refractivity contribution is 0.184. The second-order valence-corrected chi connectivity index (χ2v) is 4.18. The molecule has 96 valence electrons. The third-order valence-electron chi connectivity index (χ3n) is 2.68. The van der Waals surface area contributed by atoms with Gasteiger partial charge >= 0.3 is 0 Å².